The third kappa shape index (κ3) is 4.84. The molecule has 6 heteroatoms. The van der Waals surface area contributed by atoms with Gasteiger partial charge in [-0.05, 0) is 49.1 Å². The first-order valence-electron chi connectivity index (χ1n) is 7.88. The van der Waals surface area contributed by atoms with Crippen LogP contribution in [0.4, 0.5) is 5.69 Å². The van der Waals surface area contributed by atoms with Gasteiger partial charge >= 0.3 is 0 Å². The third-order valence-corrected chi connectivity index (χ3v) is 3.83. The van der Waals surface area contributed by atoms with Gasteiger partial charge in [0.25, 0.3) is 5.91 Å². The second-order valence-corrected chi connectivity index (χ2v) is 6.13. The molecule has 3 aromatic rings. The Morgan fingerprint density at radius 1 is 1.08 bits per heavy atom. The van der Waals surface area contributed by atoms with Crippen molar-refractivity contribution in [3.8, 4) is 0 Å². The molecule has 0 aliphatic heterocycles. The summed E-state index contributed by atoms with van der Waals surface area (Å²) in [4.78, 5) is 24.6. The number of aryl methyl sites for hydroxylation is 3. The van der Waals surface area contributed by atoms with Crippen LogP contribution < -0.4 is 5.32 Å². The Balaban J connectivity index is 1.66. The van der Waals surface area contributed by atoms with Gasteiger partial charge in [0.2, 0.25) is 0 Å². The second kappa shape index (κ2) is 7.85. The minimum Gasteiger partial charge on any atom is -0.322 e. The number of pyridine rings is 1. The van der Waals surface area contributed by atoms with Crippen molar-refractivity contribution in [2.45, 2.75) is 19.8 Å². The molecule has 0 atom stereocenters. The number of amides is 1. The topological polar surface area (TPSA) is 67.8 Å². The van der Waals surface area contributed by atoms with E-state index in [2.05, 4.69) is 20.3 Å². The lowest BCUT2D eigenvalue weighted by Gasteiger charge is -2.08. The molecule has 0 unspecified atom stereocenters. The van der Waals surface area contributed by atoms with Gasteiger partial charge in [-0.15, -0.1) is 0 Å². The van der Waals surface area contributed by atoms with E-state index in [1.54, 1.807) is 18.6 Å². The van der Waals surface area contributed by atoms with E-state index in [1.807, 2.05) is 37.3 Å². The van der Waals surface area contributed by atoms with Gasteiger partial charge in [0.1, 0.15) is 5.15 Å². The number of carbonyl (C=O) groups excluding carboxylic acids is 1. The van der Waals surface area contributed by atoms with E-state index in [9.17, 15) is 4.79 Å². The first-order chi connectivity index (χ1) is 12.1. The number of aromatic nitrogens is 3. The fourth-order valence-corrected chi connectivity index (χ4v) is 2.62. The van der Waals surface area contributed by atoms with Crippen LogP contribution in [0.5, 0.6) is 0 Å². The third-order valence-electron chi connectivity index (χ3n) is 3.65. The molecule has 0 saturated heterocycles. The molecule has 0 bridgehead atoms. The van der Waals surface area contributed by atoms with Crippen LogP contribution in [0.25, 0.3) is 0 Å². The maximum atomic E-state index is 12.3. The maximum absolute atomic E-state index is 12.3. The Morgan fingerprint density at radius 3 is 2.72 bits per heavy atom. The fourth-order valence-electron chi connectivity index (χ4n) is 2.46. The fraction of sp³-hybridized carbons (Fsp3) is 0.158. The Hall–Kier alpha value is -2.79. The van der Waals surface area contributed by atoms with Gasteiger partial charge in [0.15, 0.2) is 0 Å². The molecule has 0 fully saturated rings. The van der Waals surface area contributed by atoms with E-state index in [-0.39, 0.29) is 5.91 Å². The summed E-state index contributed by atoms with van der Waals surface area (Å²) in [5, 5.41) is 3.30. The lowest BCUT2D eigenvalue weighted by molar-refractivity contribution is 0.102. The molecule has 1 amide bonds. The zero-order chi connectivity index (χ0) is 17.6. The first kappa shape index (κ1) is 17.0. The highest BCUT2D eigenvalue weighted by Crippen LogP contribution is 2.15. The van der Waals surface area contributed by atoms with Gasteiger partial charge in [-0.25, -0.2) is 4.98 Å². The quantitative estimate of drug-likeness (QED) is 0.756. The molecule has 0 saturated carbocycles. The van der Waals surface area contributed by atoms with Crippen LogP contribution in [-0.4, -0.2) is 20.9 Å². The number of halogens is 1. The molecular weight excluding hydrogens is 336 g/mol. The number of rotatable bonds is 5. The number of nitrogens with one attached hydrogen (secondary N) is 1. The highest BCUT2D eigenvalue weighted by Gasteiger charge is 2.07. The summed E-state index contributed by atoms with van der Waals surface area (Å²) in [5.74, 6) is -0.172. The lowest BCUT2D eigenvalue weighted by Crippen LogP contribution is -2.12. The number of nitrogens with zero attached hydrogens (tertiary/aromatic N) is 3. The number of hydrogen-bond donors (Lipinski definition) is 1. The number of hydrogen-bond acceptors (Lipinski definition) is 4. The molecule has 1 aromatic carbocycles. The van der Waals surface area contributed by atoms with Crippen molar-refractivity contribution < 1.29 is 4.79 Å². The first-order valence-corrected chi connectivity index (χ1v) is 8.26. The van der Waals surface area contributed by atoms with E-state index >= 15 is 0 Å². The van der Waals surface area contributed by atoms with Crippen LogP contribution in [0.15, 0.2) is 55.1 Å². The van der Waals surface area contributed by atoms with Gasteiger partial charge < -0.3 is 5.32 Å². The van der Waals surface area contributed by atoms with Crippen LogP contribution in [0.3, 0.4) is 0 Å². The van der Waals surface area contributed by atoms with Crippen LogP contribution in [0.1, 0.15) is 27.2 Å². The van der Waals surface area contributed by atoms with Crippen LogP contribution in [0, 0.1) is 6.92 Å². The van der Waals surface area contributed by atoms with E-state index < -0.39 is 0 Å². The molecule has 2 aromatic heterocycles. The zero-order valence-corrected chi connectivity index (χ0v) is 14.5. The molecular formula is C19H17ClN4O. The van der Waals surface area contributed by atoms with Crippen molar-refractivity contribution in [2.24, 2.45) is 0 Å². The van der Waals surface area contributed by atoms with Crippen molar-refractivity contribution in [1.29, 1.82) is 0 Å². The standard InChI is InChI=1S/C19H17ClN4O/c1-13-7-15(10-21-9-13)19(25)24-16-4-2-3-14(8-16)5-6-17-11-22-12-18(20)23-17/h2-4,7-12H,5-6H2,1H3,(H,24,25). The van der Waals surface area contributed by atoms with Crippen molar-refractivity contribution in [1.82, 2.24) is 15.0 Å². The van der Waals surface area contributed by atoms with Crippen molar-refractivity contribution in [3.63, 3.8) is 0 Å². The Morgan fingerprint density at radius 2 is 1.92 bits per heavy atom. The molecule has 126 valence electrons. The van der Waals surface area contributed by atoms with Gasteiger partial charge in [0.05, 0.1) is 17.5 Å². The highest BCUT2D eigenvalue weighted by molar-refractivity contribution is 6.29. The molecule has 0 aliphatic carbocycles. The van der Waals surface area contributed by atoms with Crippen molar-refractivity contribution >= 4 is 23.2 Å². The predicted octanol–water partition coefficient (Wildman–Crippen LogP) is 3.87. The molecule has 0 aliphatic rings. The van der Waals surface area contributed by atoms with E-state index in [0.29, 0.717) is 10.7 Å². The van der Waals surface area contributed by atoms with E-state index in [0.717, 1.165) is 35.3 Å². The van der Waals surface area contributed by atoms with Gasteiger partial charge in [0, 0.05) is 24.3 Å². The van der Waals surface area contributed by atoms with Gasteiger partial charge in [-0.1, -0.05) is 23.7 Å². The van der Waals surface area contributed by atoms with Crippen molar-refractivity contribution in [2.75, 3.05) is 5.32 Å². The normalized spacial score (nSPS) is 10.5. The number of anilines is 1. The summed E-state index contributed by atoms with van der Waals surface area (Å²) < 4.78 is 0. The molecule has 5 nitrogen and oxygen atoms in total. The minimum atomic E-state index is -0.172. The second-order valence-electron chi connectivity index (χ2n) is 5.74. The number of carbonyl (C=O) groups is 1. The Labute approximate surface area is 151 Å². The molecule has 0 radical (unpaired) electrons. The summed E-state index contributed by atoms with van der Waals surface area (Å²) in [5.41, 5.74) is 4.18. The zero-order valence-electron chi connectivity index (χ0n) is 13.7. The molecule has 1 N–H and O–H groups in total. The summed E-state index contributed by atoms with van der Waals surface area (Å²) in [6.45, 7) is 1.91. The molecule has 0 spiro atoms. The summed E-state index contributed by atoms with van der Waals surface area (Å²) in [6, 6.07) is 9.57. The summed E-state index contributed by atoms with van der Waals surface area (Å²) >= 11 is 5.85. The van der Waals surface area contributed by atoms with Gasteiger partial charge in [-0.3, -0.25) is 14.8 Å². The largest absolute Gasteiger partial charge is 0.322 e. The maximum Gasteiger partial charge on any atom is 0.257 e. The van der Waals surface area contributed by atoms with Crippen molar-refractivity contribution in [3.05, 3.63) is 82.7 Å². The molecule has 2 heterocycles. The predicted molar refractivity (Wildman–Crippen MR) is 97.8 cm³/mol. The monoisotopic (exact) mass is 352 g/mol. The smallest absolute Gasteiger partial charge is 0.257 e. The average Bonchev–Trinajstić information content (AvgIpc) is 2.60. The average molecular weight is 353 g/mol. The van der Waals surface area contributed by atoms with E-state index in [1.165, 1.54) is 6.20 Å². The SMILES string of the molecule is Cc1cncc(C(=O)Nc2cccc(CCc3cncc(Cl)n3)c2)c1. The lowest BCUT2D eigenvalue weighted by atomic mass is 10.1. The summed E-state index contributed by atoms with van der Waals surface area (Å²) in [6.07, 6.45) is 8.02. The van der Waals surface area contributed by atoms with E-state index in [4.69, 9.17) is 11.6 Å². The molecule has 3 rings (SSSR count). The van der Waals surface area contributed by atoms with Gasteiger partial charge in [-0.2, -0.15) is 0 Å². The minimum absolute atomic E-state index is 0.172. The Bertz CT molecular complexity index is 898. The summed E-state index contributed by atoms with van der Waals surface area (Å²) in [7, 11) is 0. The van der Waals surface area contributed by atoms with Crippen LogP contribution >= 0.6 is 11.6 Å². The van der Waals surface area contributed by atoms with Crippen LogP contribution in [0.2, 0.25) is 5.15 Å². The molecule has 25 heavy (non-hydrogen) atoms. The highest BCUT2D eigenvalue weighted by atomic mass is 35.5. The Kier molecular flexibility index (Phi) is 5.36. The van der Waals surface area contributed by atoms with Crippen LogP contribution in [-0.2, 0) is 12.8 Å². The number of benzene rings is 1.